The van der Waals surface area contributed by atoms with Crippen molar-refractivity contribution in [1.82, 2.24) is 0 Å². The van der Waals surface area contributed by atoms with Gasteiger partial charge in [-0.15, -0.1) is 0 Å². The van der Waals surface area contributed by atoms with Crippen LogP contribution in [0, 0.1) is 23.4 Å². The van der Waals surface area contributed by atoms with Crippen LogP contribution in [0.1, 0.15) is 38.2 Å². The summed E-state index contributed by atoms with van der Waals surface area (Å²) in [6, 6.07) is 1.85. The SMILES string of the molecule is CCOC(=O)C1CCC(O)(c2ccc(F)c(F)c2F)CC1. The van der Waals surface area contributed by atoms with Crippen LogP contribution in [-0.2, 0) is 15.1 Å². The molecule has 1 aromatic rings. The number of aliphatic hydroxyl groups is 1. The fraction of sp³-hybridized carbons (Fsp3) is 0.533. The van der Waals surface area contributed by atoms with Crippen molar-refractivity contribution in [3.8, 4) is 0 Å². The van der Waals surface area contributed by atoms with Crippen molar-refractivity contribution < 1.29 is 27.8 Å². The number of rotatable bonds is 3. The van der Waals surface area contributed by atoms with Gasteiger partial charge in [-0.1, -0.05) is 6.07 Å². The molecule has 1 N–H and O–H groups in total. The van der Waals surface area contributed by atoms with Gasteiger partial charge in [-0.2, -0.15) is 0 Å². The maximum absolute atomic E-state index is 13.8. The number of carbonyl (C=O) groups is 1. The van der Waals surface area contributed by atoms with Gasteiger partial charge in [0.25, 0.3) is 0 Å². The van der Waals surface area contributed by atoms with Crippen molar-refractivity contribution in [3.05, 3.63) is 35.1 Å². The lowest BCUT2D eigenvalue weighted by Crippen LogP contribution is -2.35. The summed E-state index contributed by atoms with van der Waals surface area (Å²) in [5.41, 5.74) is -1.84. The molecule has 0 bridgehead atoms. The van der Waals surface area contributed by atoms with Crippen LogP contribution in [0.5, 0.6) is 0 Å². The summed E-state index contributed by atoms with van der Waals surface area (Å²) in [6.45, 7) is 1.98. The van der Waals surface area contributed by atoms with Crippen molar-refractivity contribution in [3.63, 3.8) is 0 Å². The van der Waals surface area contributed by atoms with Gasteiger partial charge in [0, 0.05) is 5.56 Å². The molecule has 1 fully saturated rings. The smallest absolute Gasteiger partial charge is 0.308 e. The van der Waals surface area contributed by atoms with Gasteiger partial charge in [0.2, 0.25) is 0 Å². The fourth-order valence-corrected chi connectivity index (χ4v) is 2.75. The third kappa shape index (κ3) is 3.05. The van der Waals surface area contributed by atoms with E-state index in [2.05, 4.69) is 0 Å². The summed E-state index contributed by atoms with van der Waals surface area (Å²) >= 11 is 0. The molecule has 1 aliphatic carbocycles. The Morgan fingerprint density at radius 2 is 1.90 bits per heavy atom. The summed E-state index contributed by atoms with van der Waals surface area (Å²) in [5.74, 6) is -4.94. The van der Waals surface area contributed by atoms with E-state index in [1.807, 2.05) is 0 Å². The predicted octanol–water partition coefficient (Wildman–Crippen LogP) is 3.04. The maximum Gasteiger partial charge on any atom is 0.308 e. The first-order chi connectivity index (χ1) is 9.89. The number of carbonyl (C=O) groups excluding carboxylic acids is 1. The quantitative estimate of drug-likeness (QED) is 0.689. The van der Waals surface area contributed by atoms with E-state index in [4.69, 9.17) is 4.74 Å². The van der Waals surface area contributed by atoms with E-state index in [9.17, 15) is 23.1 Å². The van der Waals surface area contributed by atoms with Gasteiger partial charge in [-0.3, -0.25) is 4.79 Å². The molecule has 2 rings (SSSR count). The summed E-state index contributed by atoms with van der Waals surface area (Å²) in [7, 11) is 0. The normalized spacial score (nSPS) is 25.7. The van der Waals surface area contributed by atoms with E-state index in [1.54, 1.807) is 6.92 Å². The molecule has 0 atom stereocenters. The van der Waals surface area contributed by atoms with Gasteiger partial charge >= 0.3 is 5.97 Å². The summed E-state index contributed by atoms with van der Waals surface area (Å²) in [4.78, 5) is 11.6. The molecule has 1 aromatic carbocycles. The van der Waals surface area contributed by atoms with Crippen molar-refractivity contribution in [2.75, 3.05) is 6.61 Å². The van der Waals surface area contributed by atoms with Gasteiger partial charge in [-0.25, -0.2) is 13.2 Å². The van der Waals surface area contributed by atoms with Crippen LogP contribution in [0.2, 0.25) is 0 Å². The Balaban J connectivity index is 2.16. The van der Waals surface area contributed by atoms with E-state index in [0.717, 1.165) is 12.1 Å². The highest BCUT2D eigenvalue weighted by Gasteiger charge is 2.40. The first kappa shape index (κ1) is 15.8. The first-order valence-electron chi connectivity index (χ1n) is 6.92. The molecule has 0 saturated heterocycles. The molecular weight excluding hydrogens is 285 g/mol. The lowest BCUT2D eigenvalue weighted by Gasteiger charge is -2.35. The van der Waals surface area contributed by atoms with Crippen LogP contribution in [0.4, 0.5) is 13.2 Å². The Kier molecular flexibility index (Phi) is 4.56. The van der Waals surface area contributed by atoms with Crippen LogP contribution in [-0.4, -0.2) is 17.7 Å². The topological polar surface area (TPSA) is 46.5 Å². The highest BCUT2D eigenvalue weighted by molar-refractivity contribution is 5.72. The molecule has 3 nitrogen and oxygen atoms in total. The van der Waals surface area contributed by atoms with Crippen molar-refractivity contribution in [1.29, 1.82) is 0 Å². The highest BCUT2D eigenvalue weighted by atomic mass is 19.2. The molecule has 21 heavy (non-hydrogen) atoms. The third-order valence-electron chi connectivity index (χ3n) is 3.97. The fourth-order valence-electron chi connectivity index (χ4n) is 2.75. The third-order valence-corrected chi connectivity index (χ3v) is 3.97. The van der Waals surface area contributed by atoms with Crippen LogP contribution in [0.15, 0.2) is 12.1 Å². The van der Waals surface area contributed by atoms with E-state index < -0.39 is 23.1 Å². The van der Waals surface area contributed by atoms with E-state index >= 15 is 0 Å². The number of hydrogen-bond donors (Lipinski definition) is 1. The molecule has 6 heteroatoms. The van der Waals surface area contributed by atoms with E-state index in [0.29, 0.717) is 12.8 Å². The largest absolute Gasteiger partial charge is 0.466 e. The van der Waals surface area contributed by atoms with Gasteiger partial charge in [0.15, 0.2) is 17.5 Å². The van der Waals surface area contributed by atoms with Gasteiger partial charge in [0.1, 0.15) is 0 Å². The molecule has 0 radical (unpaired) electrons. The van der Waals surface area contributed by atoms with Crippen LogP contribution in [0.25, 0.3) is 0 Å². The van der Waals surface area contributed by atoms with Crippen LogP contribution < -0.4 is 0 Å². The minimum Gasteiger partial charge on any atom is -0.466 e. The Bertz CT molecular complexity index is 537. The van der Waals surface area contributed by atoms with Gasteiger partial charge < -0.3 is 9.84 Å². The first-order valence-corrected chi connectivity index (χ1v) is 6.92. The second-order valence-corrected chi connectivity index (χ2v) is 5.28. The Morgan fingerprint density at radius 1 is 1.29 bits per heavy atom. The number of hydrogen-bond acceptors (Lipinski definition) is 3. The molecular formula is C15H17F3O3. The van der Waals surface area contributed by atoms with Crippen molar-refractivity contribution in [2.45, 2.75) is 38.2 Å². The van der Waals surface area contributed by atoms with Gasteiger partial charge in [0.05, 0.1) is 18.1 Å². The average molecular weight is 302 g/mol. The summed E-state index contributed by atoms with van der Waals surface area (Å²) < 4.78 is 44.9. The average Bonchev–Trinajstić information content (AvgIpc) is 2.45. The van der Waals surface area contributed by atoms with Crippen LogP contribution >= 0.6 is 0 Å². The Labute approximate surface area is 120 Å². The standard InChI is InChI=1S/C15H17F3O3/c1-2-21-14(19)9-5-7-15(20,8-6-9)10-3-4-11(16)13(18)12(10)17/h3-4,9,20H,2,5-8H2,1H3. The number of esters is 1. The monoisotopic (exact) mass is 302 g/mol. The maximum atomic E-state index is 13.8. The zero-order valence-corrected chi connectivity index (χ0v) is 11.7. The Morgan fingerprint density at radius 3 is 2.48 bits per heavy atom. The molecule has 0 heterocycles. The molecule has 1 aliphatic rings. The second-order valence-electron chi connectivity index (χ2n) is 5.28. The van der Waals surface area contributed by atoms with E-state index in [-0.39, 0.29) is 36.9 Å². The number of halogens is 3. The predicted molar refractivity (Wildman–Crippen MR) is 68.8 cm³/mol. The minimum atomic E-state index is -1.59. The lowest BCUT2D eigenvalue weighted by molar-refractivity contribution is -0.151. The molecule has 0 amide bonds. The highest BCUT2D eigenvalue weighted by Crippen LogP contribution is 2.41. The zero-order valence-electron chi connectivity index (χ0n) is 11.7. The molecule has 0 spiro atoms. The van der Waals surface area contributed by atoms with Gasteiger partial charge in [-0.05, 0) is 38.7 Å². The summed E-state index contributed by atoms with van der Waals surface area (Å²) in [6.07, 6.45) is 0.818. The molecule has 116 valence electrons. The minimum absolute atomic E-state index is 0.0957. The molecule has 1 saturated carbocycles. The van der Waals surface area contributed by atoms with E-state index in [1.165, 1.54) is 0 Å². The zero-order chi connectivity index (χ0) is 15.6. The second kappa shape index (κ2) is 6.05. The van der Waals surface area contributed by atoms with Crippen LogP contribution in [0.3, 0.4) is 0 Å². The van der Waals surface area contributed by atoms with Crippen molar-refractivity contribution in [2.24, 2.45) is 5.92 Å². The molecule has 0 aromatic heterocycles. The lowest BCUT2D eigenvalue weighted by atomic mass is 9.75. The number of benzene rings is 1. The molecule has 0 unspecified atom stereocenters. The van der Waals surface area contributed by atoms with Crippen molar-refractivity contribution >= 4 is 5.97 Å². The molecule has 0 aliphatic heterocycles. The summed E-state index contributed by atoms with van der Waals surface area (Å²) in [5, 5.41) is 10.5. The number of ether oxygens (including phenoxy) is 1. The Hall–Kier alpha value is -1.56.